The van der Waals surface area contributed by atoms with Crippen molar-refractivity contribution < 1.29 is 19.0 Å². The standard InChI is InChI=1S/C18H22FN3O3/c1-2-18(24)8-5-9-22(12-18)17(23)15-10-13(20-21-15)11-25-16-7-4-3-6-14(16)19/h3-4,6-7,10,24H,2,5,8-9,11-12H2,1H3,(H,20,21)/t18-/m1/s1. The second-order valence-corrected chi connectivity index (χ2v) is 6.41. The molecule has 1 amide bonds. The Morgan fingerprint density at radius 2 is 2.28 bits per heavy atom. The van der Waals surface area contributed by atoms with Gasteiger partial charge in [-0.2, -0.15) is 5.10 Å². The molecule has 25 heavy (non-hydrogen) atoms. The van der Waals surface area contributed by atoms with Crippen molar-refractivity contribution in [1.82, 2.24) is 15.1 Å². The number of aromatic nitrogens is 2. The van der Waals surface area contributed by atoms with Gasteiger partial charge >= 0.3 is 0 Å². The van der Waals surface area contributed by atoms with Crippen LogP contribution in [-0.2, 0) is 6.61 Å². The van der Waals surface area contributed by atoms with Crippen LogP contribution in [0.4, 0.5) is 4.39 Å². The fourth-order valence-electron chi connectivity index (χ4n) is 3.00. The van der Waals surface area contributed by atoms with Crippen LogP contribution in [0.25, 0.3) is 0 Å². The first-order valence-corrected chi connectivity index (χ1v) is 8.44. The monoisotopic (exact) mass is 347 g/mol. The van der Waals surface area contributed by atoms with Gasteiger partial charge < -0.3 is 14.7 Å². The number of rotatable bonds is 5. The predicted molar refractivity (Wildman–Crippen MR) is 89.7 cm³/mol. The van der Waals surface area contributed by atoms with Gasteiger partial charge in [0.1, 0.15) is 6.61 Å². The van der Waals surface area contributed by atoms with Gasteiger partial charge in [0.15, 0.2) is 17.3 Å². The first kappa shape index (κ1) is 17.4. The molecule has 1 aromatic heterocycles. The highest BCUT2D eigenvalue weighted by Gasteiger charge is 2.34. The van der Waals surface area contributed by atoms with Crippen molar-refractivity contribution >= 4 is 5.91 Å². The van der Waals surface area contributed by atoms with Gasteiger partial charge in [0.2, 0.25) is 0 Å². The summed E-state index contributed by atoms with van der Waals surface area (Å²) in [6, 6.07) is 7.74. The van der Waals surface area contributed by atoms with E-state index in [1.807, 2.05) is 6.92 Å². The lowest BCUT2D eigenvalue weighted by molar-refractivity contribution is -0.0271. The van der Waals surface area contributed by atoms with Crippen LogP contribution in [0.15, 0.2) is 30.3 Å². The number of aromatic amines is 1. The molecule has 7 heteroatoms. The van der Waals surface area contributed by atoms with Gasteiger partial charge in [-0.25, -0.2) is 4.39 Å². The molecule has 2 aromatic rings. The van der Waals surface area contributed by atoms with E-state index in [2.05, 4.69) is 10.2 Å². The zero-order valence-corrected chi connectivity index (χ0v) is 14.2. The summed E-state index contributed by atoms with van der Waals surface area (Å²) in [4.78, 5) is 14.2. The van der Waals surface area contributed by atoms with Crippen LogP contribution in [0, 0.1) is 5.82 Å². The fraction of sp³-hybridized carbons (Fsp3) is 0.444. The number of benzene rings is 1. The summed E-state index contributed by atoms with van der Waals surface area (Å²) in [5.41, 5.74) is 0.0305. The Hall–Kier alpha value is -2.41. The van der Waals surface area contributed by atoms with E-state index in [9.17, 15) is 14.3 Å². The number of halogens is 1. The normalized spacial score (nSPS) is 20.5. The molecule has 3 rings (SSSR count). The van der Waals surface area contributed by atoms with E-state index in [1.165, 1.54) is 12.1 Å². The number of hydrogen-bond donors (Lipinski definition) is 2. The lowest BCUT2D eigenvalue weighted by Crippen LogP contribution is -2.50. The average molecular weight is 347 g/mol. The van der Waals surface area contributed by atoms with Crippen LogP contribution in [0.3, 0.4) is 0 Å². The van der Waals surface area contributed by atoms with Gasteiger partial charge in [0, 0.05) is 13.1 Å². The Morgan fingerprint density at radius 1 is 1.48 bits per heavy atom. The smallest absolute Gasteiger partial charge is 0.274 e. The maximum Gasteiger partial charge on any atom is 0.274 e. The van der Waals surface area contributed by atoms with Crippen molar-refractivity contribution in [2.24, 2.45) is 0 Å². The molecule has 0 saturated carbocycles. The van der Waals surface area contributed by atoms with Gasteiger partial charge in [-0.1, -0.05) is 19.1 Å². The maximum atomic E-state index is 13.5. The third-order valence-corrected chi connectivity index (χ3v) is 4.57. The minimum Gasteiger partial charge on any atom is -0.484 e. The molecule has 1 saturated heterocycles. The predicted octanol–water partition coefficient (Wildman–Crippen LogP) is 2.50. The number of nitrogens with one attached hydrogen (secondary N) is 1. The number of para-hydroxylation sites is 1. The highest BCUT2D eigenvalue weighted by atomic mass is 19.1. The minimum absolute atomic E-state index is 0.0834. The van der Waals surface area contributed by atoms with Gasteiger partial charge in [-0.05, 0) is 37.5 Å². The molecule has 2 N–H and O–H groups in total. The molecule has 0 unspecified atom stereocenters. The lowest BCUT2D eigenvalue weighted by atomic mass is 9.90. The number of carbonyl (C=O) groups excluding carboxylic acids is 1. The summed E-state index contributed by atoms with van der Waals surface area (Å²) in [6.07, 6.45) is 2.08. The average Bonchev–Trinajstić information content (AvgIpc) is 3.09. The van der Waals surface area contributed by atoms with Crippen LogP contribution >= 0.6 is 0 Å². The van der Waals surface area contributed by atoms with Gasteiger partial charge in [-0.3, -0.25) is 9.89 Å². The number of aliphatic hydroxyl groups is 1. The summed E-state index contributed by atoms with van der Waals surface area (Å²) in [5.74, 6) is -0.514. The number of H-pyrrole nitrogens is 1. The van der Waals surface area contributed by atoms with Crippen LogP contribution in [0.2, 0.25) is 0 Å². The Balaban J connectivity index is 1.63. The molecule has 1 aromatic carbocycles. The van der Waals surface area contributed by atoms with Crippen LogP contribution in [-0.4, -0.2) is 44.8 Å². The highest BCUT2D eigenvalue weighted by molar-refractivity contribution is 5.92. The Bertz CT molecular complexity index is 749. The summed E-state index contributed by atoms with van der Waals surface area (Å²) in [5, 5.41) is 17.2. The number of ether oxygens (including phenoxy) is 1. The van der Waals surface area contributed by atoms with Crippen molar-refractivity contribution in [3.63, 3.8) is 0 Å². The topological polar surface area (TPSA) is 78.5 Å². The second-order valence-electron chi connectivity index (χ2n) is 6.41. The molecule has 0 bridgehead atoms. The molecular formula is C18H22FN3O3. The van der Waals surface area contributed by atoms with Crippen molar-refractivity contribution in [2.45, 2.75) is 38.4 Å². The Labute approximate surface area is 145 Å². The van der Waals surface area contributed by atoms with E-state index >= 15 is 0 Å². The van der Waals surface area contributed by atoms with Gasteiger partial charge in [0.05, 0.1) is 11.3 Å². The molecule has 1 aliphatic heterocycles. The summed E-state index contributed by atoms with van der Waals surface area (Å²) < 4.78 is 18.9. The van der Waals surface area contributed by atoms with Crippen LogP contribution < -0.4 is 4.74 Å². The minimum atomic E-state index is -0.818. The fourth-order valence-corrected chi connectivity index (χ4v) is 3.00. The molecule has 6 nitrogen and oxygen atoms in total. The maximum absolute atomic E-state index is 13.5. The SMILES string of the molecule is CC[C@@]1(O)CCCN(C(=O)c2cc(COc3ccccc3F)[nH]n2)C1. The molecule has 134 valence electrons. The molecule has 0 spiro atoms. The zero-order valence-electron chi connectivity index (χ0n) is 14.2. The number of β-amino-alcohol motifs (C(OH)–C–C–N with tert-alkyl or cyclic N) is 1. The zero-order chi connectivity index (χ0) is 17.9. The first-order valence-electron chi connectivity index (χ1n) is 8.44. The molecule has 1 fully saturated rings. The summed E-state index contributed by atoms with van der Waals surface area (Å²) >= 11 is 0. The van der Waals surface area contributed by atoms with Crippen LogP contribution in [0.5, 0.6) is 5.75 Å². The first-order chi connectivity index (χ1) is 12.0. The summed E-state index contributed by atoms with van der Waals surface area (Å²) in [7, 11) is 0. The number of piperidine rings is 1. The van der Waals surface area contributed by atoms with Crippen molar-refractivity contribution in [3.05, 3.63) is 47.5 Å². The van der Waals surface area contributed by atoms with Gasteiger partial charge in [0.25, 0.3) is 5.91 Å². The van der Waals surface area contributed by atoms with Gasteiger partial charge in [-0.15, -0.1) is 0 Å². The highest BCUT2D eigenvalue weighted by Crippen LogP contribution is 2.25. The lowest BCUT2D eigenvalue weighted by Gasteiger charge is -2.38. The number of amides is 1. The molecule has 1 atom stereocenters. The van der Waals surface area contributed by atoms with E-state index in [0.29, 0.717) is 31.6 Å². The number of nitrogens with zero attached hydrogens (tertiary/aromatic N) is 2. The van der Waals surface area contributed by atoms with E-state index < -0.39 is 11.4 Å². The Kier molecular flexibility index (Phi) is 5.03. The molecule has 0 radical (unpaired) electrons. The van der Waals surface area contributed by atoms with Crippen molar-refractivity contribution in [3.8, 4) is 5.75 Å². The number of hydrogen-bond acceptors (Lipinski definition) is 4. The quantitative estimate of drug-likeness (QED) is 0.871. The summed E-state index contributed by atoms with van der Waals surface area (Å²) in [6.45, 7) is 2.92. The van der Waals surface area contributed by atoms with Crippen molar-refractivity contribution in [2.75, 3.05) is 13.1 Å². The van der Waals surface area contributed by atoms with Crippen LogP contribution in [0.1, 0.15) is 42.4 Å². The van der Waals surface area contributed by atoms with E-state index in [1.54, 1.807) is 23.1 Å². The third kappa shape index (κ3) is 3.99. The molecule has 1 aliphatic rings. The Morgan fingerprint density at radius 3 is 3.04 bits per heavy atom. The number of likely N-dealkylation sites (tertiary alicyclic amines) is 1. The molecular weight excluding hydrogens is 325 g/mol. The largest absolute Gasteiger partial charge is 0.484 e. The molecule has 2 heterocycles. The second kappa shape index (κ2) is 7.23. The van der Waals surface area contributed by atoms with E-state index in [4.69, 9.17) is 4.74 Å². The molecule has 0 aliphatic carbocycles. The van der Waals surface area contributed by atoms with Crippen molar-refractivity contribution in [1.29, 1.82) is 0 Å². The van der Waals surface area contributed by atoms with E-state index in [0.717, 1.165) is 6.42 Å². The number of carbonyl (C=O) groups is 1. The third-order valence-electron chi connectivity index (χ3n) is 4.57. The van der Waals surface area contributed by atoms with E-state index in [-0.39, 0.29) is 24.0 Å².